The summed E-state index contributed by atoms with van der Waals surface area (Å²) in [4.78, 5) is 0. The van der Waals surface area contributed by atoms with E-state index in [0.717, 1.165) is 6.42 Å². The summed E-state index contributed by atoms with van der Waals surface area (Å²) in [7, 11) is 0. The maximum absolute atomic E-state index is 2.99. The van der Waals surface area contributed by atoms with E-state index in [-0.39, 0.29) is 35.6 Å². The SMILES string of the molecule is CC(C)(C)c1ccc2[cH-]c3ccc(C(C)(C)C)cc3c2c1.[C-]1=CC=CC1.[Cl-].[Cl-].[Zr+2]=[C]1CCCCCC1. The van der Waals surface area contributed by atoms with Gasteiger partial charge in [-0.15, -0.1) is 46.2 Å². The van der Waals surface area contributed by atoms with Gasteiger partial charge < -0.3 is 24.8 Å². The van der Waals surface area contributed by atoms with Gasteiger partial charge in [0.2, 0.25) is 0 Å². The van der Waals surface area contributed by atoms with Crippen molar-refractivity contribution in [2.75, 3.05) is 0 Å². The third-order valence-corrected chi connectivity index (χ3v) is 7.96. The molecule has 194 valence electrons. The molecule has 2 aliphatic carbocycles. The van der Waals surface area contributed by atoms with E-state index in [0.29, 0.717) is 0 Å². The van der Waals surface area contributed by atoms with Gasteiger partial charge in [0.1, 0.15) is 0 Å². The fourth-order valence-electron chi connectivity index (χ4n) is 4.43. The molecular formula is C33H42Cl2Zr-2. The molecule has 0 bridgehead atoms. The Balaban J connectivity index is 0.000000356. The van der Waals surface area contributed by atoms with Gasteiger partial charge in [-0.1, -0.05) is 76.9 Å². The van der Waals surface area contributed by atoms with Gasteiger partial charge in [0.25, 0.3) is 0 Å². The fourth-order valence-corrected chi connectivity index (χ4v) is 5.30. The molecule has 0 amide bonds. The molecule has 2 aliphatic rings. The molecule has 3 aromatic rings. The average Bonchev–Trinajstić information content (AvgIpc) is 3.41. The Hall–Kier alpha value is -0.877. The Morgan fingerprint density at radius 2 is 1.19 bits per heavy atom. The minimum atomic E-state index is 0. The molecule has 0 spiro atoms. The van der Waals surface area contributed by atoms with Crippen molar-refractivity contribution >= 4 is 24.8 Å². The second-order valence-electron chi connectivity index (χ2n) is 11.8. The number of allylic oxidation sites excluding steroid dienone is 4. The Morgan fingerprint density at radius 3 is 1.53 bits per heavy atom. The molecular weight excluding hydrogens is 558 g/mol. The summed E-state index contributed by atoms with van der Waals surface area (Å²) < 4.78 is 1.81. The first-order valence-corrected chi connectivity index (χ1v) is 14.2. The number of rotatable bonds is 0. The van der Waals surface area contributed by atoms with Crippen LogP contribution in [0.25, 0.3) is 21.5 Å². The van der Waals surface area contributed by atoms with E-state index in [2.05, 4.69) is 96.2 Å². The minimum absolute atomic E-state index is 0. The molecule has 5 rings (SSSR count). The summed E-state index contributed by atoms with van der Waals surface area (Å²) in [5, 5.41) is 5.49. The molecule has 1 saturated carbocycles. The van der Waals surface area contributed by atoms with Crippen LogP contribution in [-0.4, -0.2) is 3.21 Å². The monoisotopic (exact) mass is 598 g/mol. The first-order chi connectivity index (χ1) is 16.1. The Kier molecular flexibility index (Phi) is 13.7. The third-order valence-electron chi connectivity index (χ3n) is 6.73. The van der Waals surface area contributed by atoms with Crippen LogP contribution in [0, 0.1) is 6.08 Å². The molecule has 0 atom stereocenters. The first kappa shape index (κ1) is 33.2. The summed E-state index contributed by atoms with van der Waals surface area (Å²) in [5.74, 6) is 0. The van der Waals surface area contributed by atoms with Crippen molar-refractivity contribution in [1.82, 2.24) is 0 Å². The van der Waals surface area contributed by atoms with E-state index in [4.69, 9.17) is 0 Å². The molecule has 0 aliphatic heterocycles. The second kappa shape index (κ2) is 14.9. The number of benzene rings is 2. The quantitative estimate of drug-likeness (QED) is 0.273. The van der Waals surface area contributed by atoms with Crippen molar-refractivity contribution in [3.05, 3.63) is 77.9 Å². The maximum atomic E-state index is 2.99. The van der Waals surface area contributed by atoms with Crippen LogP contribution in [0.1, 0.15) is 97.6 Å². The molecule has 3 aromatic carbocycles. The molecule has 1 fully saturated rings. The van der Waals surface area contributed by atoms with Crippen LogP contribution in [0.2, 0.25) is 0 Å². The molecule has 0 heterocycles. The molecule has 0 unspecified atom stereocenters. The van der Waals surface area contributed by atoms with Gasteiger partial charge in [-0.3, -0.25) is 6.08 Å². The Morgan fingerprint density at radius 1 is 0.722 bits per heavy atom. The van der Waals surface area contributed by atoms with Crippen LogP contribution < -0.4 is 24.8 Å². The van der Waals surface area contributed by atoms with Crippen molar-refractivity contribution in [1.29, 1.82) is 0 Å². The molecule has 0 radical (unpaired) electrons. The molecule has 0 N–H and O–H groups in total. The van der Waals surface area contributed by atoms with Crippen LogP contribution in [0.5, 0.6) is 0 Å². The first-order valence-electron chi connectivity index (χ1n) is 13.0. The molecule has 3 heteroatoms. The molecule has 0 saturated heterocycles. The number of halogens is 2. The number of hydrogen-bond donors (Lipinski definition) is 0. The second-order valence-corrected chi connectivity index (χ2v) is 13.5. The molecule has 0 aromatic heterocycles. The topological polar surface area (TPSA) is 0 Å². The van der Waals surface area contributed by atoms with E-state index in [1.165, 1.54) is 71.2 Å². The van der Waals surface area contributed by atoms with E-state index in [1.807, 2.05) is 15.4 Å². The zero-order valence-corrected chi connectivity index (χ0v) is 26.9. The fraction of sp³-hybridized carbons (Fsp3) is 0.455. The van der Waals surface area contributed by atoms with Gasteiger partial charge in [0.05, 0.1) is 0 Å². The summed E-state index contributed by atoms with van der Waals surface area (Å²) in [6, 6.07) is 16.1. The Bertz CT molecular complexity index is 1080. The third kappa shape index (κ3) is 9.78. The van der Waals surface area contributed by atoms with E-state index in [9.17, 15) is 0 Å². The van der Waals surface area contributed by atoms with Gasteiger partial charge in [-0.2, -0.15) is 6.08 Å². The number of fused-ring (bicyclic) bond motifs is 3. The van der Waals surface area contributed by atoms with Gasteiger partial charge >= 0.3 is 66.0 Å². The van der Waals surface area contributed by atoms with Crippen LogP contribution in [0.4, 0.5) is 0 Å². The molecule has 0 nitrogen and oxygen atoms in total. The van der Waals surface area contributed by atoms with Gasteiger partial charge in [0, 0.05) is 0 Å². The normalized spacial score (nSPS) is 15.3. The molecule has 36 heavy (non-hydrogen) atoms. The van der Waals surface area contributed by atoms with Gasteiger partial charge in [-0.25, -0.2) is 12.2 Å². The Labute approximate surface area is 247 Å². The van der Waals surface area contributed by atoms with Crippen LogP contribution in [0.15, 0.2) is 60.7 Å². The zero-order chi connectivity index (χ0) is 24.8. The van der Waals surface area contributed by atoms with E-state index >= 15 is 0 Å². The van der Waals surface area contributed by atoms with Crippen molar-refractivity contribution in [2.24, 2.45) is 0 Å². The van der Waals surface area contributed by atoms with E-state index in [1.54, 1.807) is 24.2 Å². The number of hydrogen-bond acceptors (Lipinski definition) is 0. The van der Waals surface area contributed by atoms with Crippen molar-refractivity contribution in [3.8, 4) is 0 Å². The predicted molar refractivity (Wildman–Crippen MR) is 149 cm³/mol. The summed E-state index contributed by atoms with van der Waals surface area (Å²) in [6.45, 7) is 13.7. The van der Waals surface area contributed by atoms with E-state index < -0.39 is 0 Å². The van der Waals surface area contributed by atoms with Crippen LogP contribution in [0.3, 0.4) is 0 Å². The summed E-state index contributed by atoms with van der Waals surface area (Å²) >= 11 is 1.69. The van der Waals surface area contributed by atoms with Crippen molar-refractivity contribution in [3.63, 3.8) is 0 Å². The summed E-state index contributed by atoms with van der Waals surface area (Å²) in [6.07, 6.45) is 18.8. The van der Waals surface area contributed by atoms with Gasteiger partial charge in [0.15, 0.2) is 0 Å². The average molecular weight is 601 g/mol. The standard InChI is InChI=1S/C21H25.C7H12.C5H5.2ClH.Zr/c1-20(2,3)16-9-7-14-11-15-8-10-17(21(4,5)6)13-19(15)18(14)12-16;1-2-4-6-7-5-3-1;1-2-4-5-3-1;;;/h7-13H,1-6H3;1-6H2;1-3H,4H2;2*1H;/q-1;;-1;;;+2/p-2. The van der Waals surface area contributed by atoms with Gasteiger partial charge in [-0.05, 0) is 10.8 Å². The van der Waals surface area contributed by atoms with Crippen LogP contribution in [-0.2, 0) is 35.1 Å². The van der Waals surface area contributed by atoms with Crippen molar-refractivity contribution in [2.45, 2.75) is 97.3 Å². The predicted octanol–water partition coefficient (Wildman–Crippen LogP) is 3.68. The zero-order valence-electron chi connectivity index (χ0n) is 23.0. The summed E-state index contributed by atoms with van der Waals surface area (Å²) in [5.41, 5.74) is 3.20. The van der Waals surface area contributed by atoms with Crippen LogP contribution >= 0.6 is 0 Å². The van der Waals surface area contributed by atoms with Crippen molar-refractivity contribution < 1.29 is 49.0 Å².